The summed E-state index contributed by atoms with van der Waals surface area (Å²) in [4.78, 5) is 27.5. The molecule has 2 heterocycles. The highest BCUT2D eigenvalue weighted by Crippen LogP contribution is 2.37. The molecule has 0 bridgehead atoms. The van der Waals surface area contributed by atoms with Crippen molar-refractivity contribution in [3.8, 4) is 5.69 Å². The van der Waals surface area contributed by atoms with Gasteiger partial charge in [0, 0.05) is 49.2 Å². The van der Waals surface area contributed by atoms with Crippen LogP contribution in [0.3, 0.4) is 0 Å². The summed E-state index contributed by atoms with van der Waals surface area (Å²) < 4.78 is 29.1. The number of aliphatic hydroxyl groups excluding tert-OH is 1. The lowest BCUT2D eigenvalue weighted by Gasteiger charge is -2.26. The van der Waals surface area contributed by atoms with E-state index in [0.29, 0.717) is 28.2 Å². The molecule has 6 N–H and O–H groups in total. The number of carbonyl (C=O) groups excluding carboxylic acids is 1. The summed E-state index contributed by atoms with van der Waals surface area (Å²) in [7, 11) is 0. The molecule has 1 aromatic heterocycles. The van der Waals surface area contributed by atoms with Gasteiger partial charge in [0.1, 0.15) is 11.4 Å². The molecule has 39 heavy (non-hydrogen) atoms. The molecule has 208 valence electrons. The van der Waals surface area contributed by atoms with E-state index in [4.69, 9.17) is 16.2 Å². The molecule has 1 amide bonds. The van der Waals surface area contributed by atoms with Crippen molar-refractivity contribution >= 4 is 29.2 Å². The number of amides is 1. The molecule has 0 radical (unpaired) electrons. The monoisotopic (exact) mass is 541 g/mol. The number of nitrogens with two attached hydrogens (primary N) is 1. The highest BCUT2D eigenvalue weighted by atomic mass is 19.1. The van der Waals surface area contributed by atoms with Gasteiger partial charge in [0.15, 0.2) is 11.6 Å². The Morgan fingerprint density at radius 2 is 1.72 bits per heavy atom. The molecule has 10 nitrogen and oxygen atoms in total. The SMILES string of the molecule is CC(C)Nc1ccc(NC(=O)c2ccc(=O)n(-c3c(F)cccc3F)n2)c(N2CCCC2)c1C=N.NCCO. The number of rotatable bonds is 8. The van der Waals surface area contributed by atoms with E-state index in [-0.39, 0.29) is 18.3 Å². The van der Waals surface area contributed by atoms with Crippen LogP contribution in [-0.2, 0) is 0 Å². The number of para-hydroxylation sites is 1. The number of aromatic nitrogens is 2. The van der Waals surface area contributed by atoms with E-state index in [1.165, 1.54) is 18.3 Å². The van der Waals surface area contributed by atoms with Crippen LogP contribution in [0.4, 0.5) is 25.8 Å². The van der Waals surface area contributed by atoms with Gasteiger partial charge in [-0.1, -0.05) is 6.07 Å². The summed E-state index contributed by atoms with van der Waals surface area (Å²) in [5, 5.41) is 25.9. The minimum Gasteiger partial charge on any atom is -0.395 e. The summed E-state index contributed by atoms with van der Waals surface area (Å²) in [6, 6.07) is 9.11. The highest BCUT2D eigenvalue weighted by Gasteiger charge is 2.23. The van der Waals surface area contributed by atoms with Gasteiger partial charge in [0.2, 0.25) is 0 Å². The summed E-state index contributed by atoms with van der Waals surface area (Å²) in [5.41, 5.74) is 5.76. The van der Waals surface area contributed by atoms with Crippen LogP contribution in [0.2, 0.25) is 0 Å². The molecule has 0 aliphatic carbocycles. The van der Waals surface area contributed by atoms with Gasteiger partial charge in [-0.3, -0.25) is 9.59 Å². The Kier molecular flexibility index (Phi) is 10.2. The third kappa shape index (κ3) is 7.03. The lowest BCUT2D eigenvalue weighted by Crippen LogP contribution is -2.27. The van der Waals surface area contributed by atoms with Gasteiger partial charge in [-0.15, -0.1) is 0 Å². The van der Waals surface area contributed by atoms with Crippen LogP contribution < -0.4 is 26.8 Å². The lowest BCUT2D eigenvalue weighted by atomic mass is 10.1. The van der Waals surface area contributed by atoms with Crippen LogP contribution in [0.1, 0.15) is 42.7 Å². The summed E-state index contributed by atoms with van der Waals surface area (Å²) in [6.45, 7) is 6.03. The maximum Gasteiger partial charge on any atom is 0.276 e. The van der Waals surface area contributed by atoms with E-state index in [0.717, 1.165) is 49.8 Å². The maximum atomic E-state index is 14.3. The van der Waals surface area contributed by atoms with Crippen molar-refractivity contribution in [1.82, 2.24) is 9.78 Å². The van der Waals surface area contributed by atoms with Crippen molar-refractivity contribution in [2.45, 2.75) is 32.7 Å². The van der Waals surface area contributed by atoms with Crippen molar-refractivity contribution in [1.29, 1.82) is 5.41 Å². The van der Waals surface area contributed by atoms with Crippen molar-refractivity contribution < 1.29 is 18.7 Å². The van der Waals surface area contributed by atoms with E-state index in [2.05, 4.69) is 20.6 Å². The molecule has 1 aliphatic heterocycles. The zero-order chi connectivity index (χ0) is 28.5. The predicted molar refractivity (Wildman–Crippen MR) is 148 cm³/mol. The van der Waals surface area contributed by atoms with Gasteiger partial charge in [-0.05, 0) is 57.0 Å². The number of nitrogens with one attached hydrogen (secondary N) is 3. The molecule has 1 saturated heterocycles. The molecule has 3 aromatic rings. The van der Waals surface area contributed by atoms with Gasteiger partial charge < -0.3 is 31.8 Å². The van der Waals surface area contributed by atoms with E-state index in [9.17, 15) is 18.4 Å². The Hall–Kier alpha value is -4.16. The molecule has 4 rings (SSSR count). The zero-order valence-electron chi connectivity index (χ0n) is 21.9. The number of hydrogen-bond acceptors (Lipinski definition) is 8. The molecule has 0 atom stereocenters. The first-order valence-corrected chi connectivity index (χ1v) is 12.6. The number of benzene rings is 2. The first-order chi connectivity index (χ1) is 18.7. The van der Waals surface area contributed by atoms with E-state index in [1.54, 1.807) is 12.1 Å². The second-order valence-corrected chi connectivity index (χ2v) is 9.07. The van der Waals surface area contributed by atoms with Gasteiger partial charge >= 0.3 is 0 Å². The zero-order valence-corrected chi connectivity index (χ0v) is 21.9. The van der Waals surface area contributed by atoms with Crippen molar-refractivity contribution in [2.24, 2.45) is 5.73 Å². The van der Waals surface area contributed by atoms with Gasteiger partial charge in [0.25, 0.3) is 11.5 Å². The molecule has 2 aromatic carbocycles. The molecule has 1 aliphatic rings. The van der Waals surface area contributed by atoms with E-state index < -0.39 is 28.8 Å². The fraction of sp³-hybridized carbons (Fsp3) is 0.333. The minimum atomic E-state index is -0.975. The quantitative estimate of drug-likeness (QED) is 0.275. The molecule has 0 spiro atoms. The Morgan fingerprint density at radius 1 is 1.10 bits per heavy atom. The molecular formula is C27H33F2N7O3. The number of hydrogen-bond donors (Lipinski definition) is 5. The average Bonchev–Trinajstić information content (AvgIpc) is 3.44. The molecular weight excluding hydrogens is 508 g/mol. The Balaban J connectivity index is 0.000000983. The molecule has 0 saturated carbocycles. The number of halogens is 2. The number of aliphatic hydroxyl groups is 1. The molecule has 12 heteroatoms. The maximum absolute atomic E-state index is 14.3. The van der Waals surface area contributed by atoms with Crippen molar-refractivity contribution in [3.05, 3.63) is 75.7 Å². The topological polar surface area (TPSA) is 149 Å². The first kappa shape index (κ1) is 29.4. The highest BCUT2D eigenvalue weighted by molar-refractivity contribution is 6.08. The Bertz CT molecular complexity index is 1350. The van der Waals surface area contributed by atoms with Crippen LogP contribution in [0.15, 0.2) is 47.3 Å². The standard InChI is InChI=1S/C25H26F2N6O2.C2H7NO/c1-15(2)29-19-8-9-20(23(16(19)14-28)32-12-3-4-13-32)30-25(35)21-10-11-22(34)33(31-21)24-17(26)6-5-7-18(24)27;3-1-2-4/h5-11,14-15,28-29H,3-4,12-13H2,1-2H3,(H,30,35);4H,1-3H2. The first-order valence-electron chi connectivity index (χ1n) is 12.6. The van der Waals surface area contributed by atoms with Crippen LogP contribution in [0.5, 0.6) is 0 Å². The van der Waals surface area contributed by atoms with Crippen LogP contribution in [-0.4, -0.2) is 59.3 Å². The summed E-state index contributed by atoms with van der Waals surface area (Å²) >= 11 is 0. The smallest absolute Gasteiger partial charge is 0.276 e. The van der Waals surface area contributed by atoms with Crippen molar-refractivity contribution in [3.63, 3.8) is 0 Å². The van der Waals surface area contributed by atoms with Gasteiger partial charge in [0.05, 0.1) is 18.0 Å². The number of carbonyl (C=O) groups is 1. The number of nitrogens with zero attached hydrogens (tertiary/aromatic N) is 3. The third-order valence-electron chi connectivity index (χ3n) is 5.79. The fourth-order valence-corrected chi connectivity index (χ4v) is 4.14. The Labute approximate surface area is 225 Å². The van der Waals surface area contributed by atoms with Crippen LogP contribution in [0.25, 0.3) is 5.69 Å². The average molecular weight is 542 g/mol. The number of anilines is 3. The lowest BCUT2D eigenvalue weighted by molar-refractivity contribution is 0.102. The second-order valence-electron chi connectivity index (χ2n) is 9.07. The summed E-state index contributed by atoms with van der Waals surface area (Å²) in [5.74, 6) is -2.61. The predicted octanol–water partition coefficient (Wildman–Crippen LogP) is 3.12. The van der Waals surface area contributed by atoms with Gasteiger partial charge in [-0.2, -0.15) is 9.78 Å². The van der Waals surface area contributed by atoms with E-state index >= 15 is 0 Å². The van der Waals surface area contributed by atoms with Gasteiger partial charge in [-0.25, -0.2) is 8.78 Å². The second kappa shape index (κ2) is 13.6. The van der Waals surface area contributed by atoms with Crippen molar-refractivity contribution in [2.75, 3.05) is 41.8 Å². The summed E-state index contributed by atoms with van der Waals surface area (Å²) in [6.07, 6.45) is 3.24. The van der Waals surface area contributed by atoms with E-state index in [1.807, 2.05) is 13.8 Å². The molecule has 0 unspecified atom stereocenters. The fourth-order valence-electron chi connectivity index (χ4n) is 4.14. The minimum absolute atomic E-state index is 0.0972. The Morgan fingerprint density at radius 3 is 2.28 bits per heavy atom. The third-order valence-corrected chi connectivity index (χ3v) is 5.79. The van der Waals surface area contributed by atoms with Crippen LogP contribution >= 0.6 is 0 Å². The largest absolute Gasteiger partial charge is 0.395 e. The normalized spacial score (nSPS) is 12.6. The van der Waals surface area contributed by atoms with Crippen LogP contribution in [0, 0.1) is 17.0 Å². The molecule has 1 fully saturated rings.